The summed E-state index contributed by atoms with van der Waals surface area (Å²) in [5, 5.41) is 0.827. The Morgan fingerprint density at radius 2 is 2.35 bits per heavy atom. The number of nitrogens with zero attached hydrogens (tertiary/aromatic N) is 1. The highest BCUT2D eigenvalue weighted by molar-refractivity contribution is 5.99. The molecule has 0 spiro atoms. The number of carbonyl (C=O) groups is 1. The number of hydrogen-bond acceptors (Lipinski definition) is 4. The third-order valence-electron chi connectivity index (χ3n) is 2.32. The maximum atomic E-state index is 11.6. The molecule has 1 aromatic heterocycles. The van der Waals surface area contributed by atoms with Gasteiger partial charge in [0, 0.05) is 17.3 Å². The van der Waals surface area contributed by atoms with Crippen LogP contribution in [0, 0.1) is 0 Å². The molecule has 1 heterocycles. The van der Waals surface area contributed by atoms with E-state index in [4.69, 9.17) is 10.5 Å². The summed E-state index contributed by atoms with van der Waals surface area (Å²) in [5.74, 6) is -0.427. The Balaban J connectivity index is 2.42. The van der Waals surface area contributed by atoms with Crippen molar-refractivity contribution in [2.75, 3.05) is 12.3 Å². The van der Waals surface area contributed by atoms with Gasteiger partial charge in [-0.3, -0.25) is 4.98 Å². The summed E-state index contributed by atoms with van der Waals surface area (Å²) in [5.41, 5.74) is 7.45. The lowest BCUT2D eigenvalue weighted by Crippen LogP contribution is -2.06. The molecule has 0 saturated carbocycles. The second kappa shape index (κ2) is 4.65. The van der Waals surface area contributed by atoms with Crippen LogP contribution in [0.5, 0.6) is 0 Å². The monoisotopic (exact) mass is 228 g/mol. The largest absolute Gasteiger partial charge is 0.458 e. The van der Waals surface area contributed by atoms with Gasteiger partial charge >= 0.3 is 5.97 Å². The summed E-state index contributed by atoms with van der Waals surface area (Å²) in [6.45, 7) is 3.66. The summed E-state index contributed by atoms with van der Waals surface area (Å²) < 4.78 is 4.94. The molecule has 2 aromatic rings. The number of benzene rings is 1. The van der Waals surface area contributed by atoms with Crippen molar-refractivity contribution in [3.63, 3.8) is 0 Å². The van der Waals surface area contributed by atoms with E-state index in [2.05, 4.69) is 11.6 Å². The molecule has 0 unspecified atom stereocenters. The summed E-state index contributed by atoms with van der Waals surface area (Å²) in [6, 6.07) is 6.91. The van der Waals surface area contributed by atoms with Gasteiger partial charge in [0.05, 0.1) is 11.1 Å². The van der Waals surface area contributed by atoms with Gasteiger partial charge in [0.25, 0.3) is 0 Å². The highest BCUT2D eigenvalue weighted by Crippen LogP contribution is 2.21. The Morgan fingerprint density at radius 1 is 1.53 bits per heavy atom. The number of nitrogen functional groups attached to an aromatic ring is 1. The Morgan fingerprint density at radius 3 is 3.12 bits per heavy atom. The molecule has 0 radical (unpaired) electrons. The number of esters is 1. The van der Waals surface area contributed by atoms with Crippen LogP contribution in [0.1, 0.15) is 10.4 Å². The van der Waals surface area contributed by atoms with Gasteiger partial charge in [0.15, 0.2) is 0 Å². The molecule has 0 saturated heterocycles. The van der Waals surface area contributed by atoms with Crippen molar-refractivity contribution in [3.05, 3.63) is 48.7 Å². The molecule has 4 heteroatoms. The van der Waals surface area contributed by atoms with E-state index in [9.17, 15) is 4.79 Å². The van der Waals surface area contributed by atoms with Gasteiger partial charge in [-0.1, -0.05) is 12.7 Å². The quantitative estimate of drug-likeness (QED) is 0.496. The van der Waals surface area contributed by atoms with E-state index in [1.807, 2.05) is 6.07 Å². The van der Waals surface area contributed by atoms with Crippen molar-refractivity contribution in [1.82, 2.24) is 4.98 Å². The van der Waals surface area contributed by atoms with E-state index in [1.54, 1.807) is 24.4 Å². The van der Waals surface area contributed by atoms with Crippen LogP contribution in [0.2, 0.25) is 0 Å². The first-order valence-corrected chi connectivity index (χ1v) is 5.14. The minimum Gasteiger partial charge on any atom is -0.458 e. The van der Waals surface area contributed by atoms with Crippen molar-refractivity contribution in [2.45, 2.75) is 0 Å². The van der Waals surface area contributed by atoms with E-state index >= 15 is 0 Å². The predicted molar refractivity (Wildman–Crippen MR) is 66.6 cm³/mol. The zero-order chi connectivity index (χ0) is 12.3. The van der Waals surface area contributed by atoms with Crippen LogP contribution in [0.25, 0.3) is 10.9 Å². The van der Waals surface area contributed by atoms with Crippen LogP contribution in [-0.2, 0) is 4.74 Å². The van der Waals surface area contributed by atoms with Crippen molar-refractivity contribution in [2.24, 2.45) is 0 Å². The molecule has 1 aromatic carbocycles. The molecule has 2 rings (SSSR count). The Kier molecular flexibility index (Phi) is 3.05. The van der Waals surface area contributed by atoms with Crippen molar-refractivity contribution in [3.8, 4) is 0 Å². The van der Waals surface area contributed by atoms with Crippen molar-refractivity contribution < 1.29 is 9.53 Å². The molecule has 0 bridgehead atoms. The fourth-order valence-corrected chi connectivity index (χ4v) is 1.55. The van der Waals surface area contributed by atoms with Gasteiger partial charge in [-0.15, -0.1) is 0 Å². The molecule has 86 valence electrons. The number of anilines is 1. The molecule has 0 aliphatic rings. The fraction of sp³-hybridized carbons (Fsp3) is 0.0769. The highest BCUT2D eigenvalue weighted by Gasteiger charge is 2.10. The maximum Gasteiger partial charge on any atom is 0.338 e. The molecule has 4 nitrogen and oxygen atoms in total. The summed E-state index contributed by atoms with van der Waals surface area (Å²) in [4.78, 5) is 15.8. The average Bonchev–Trinajstić information content (AvgIpc) is 2.36. The molecule has 0 fully saturated rings. The molecule has 0 aliphatic heterocycles. The van der Waals surface area contributed by atoms with E-state index in [1.165, 1.54) is 6.08 Å². The maximum absolute atomic E-state index is 11.6. The van der Waals surface area contributed by atoms with E-state index in [0.29, 0.717) is 16.8 Å². The Labute approximate surface area is 98.7 Å². The van der Waals surface area contributed by atoms with Gasteiger partial charge in [0.2, 0.25) is 0 Å². The zero-order valence-corrected chi connectivity index (χ0v) is 9.22. The molecule has 0 atom stereocenters. The van der Waals surface area contributed by atoms with Gasteiger partial charge in [-0.25, -0.2) is 4.79 Å². The molecule has 0 aliphatic carbocycles. The summed E-state index contributed by atoms with van der Waals surface area (Å²) in [6.07, 6.45) is 3.17. The van der Waals surface area contributed by atoms with Crippen LogP contribution < -0.4 is 5.73 Å². The van der Waals surface area contributed by atoms with Gasteiger partial charge in [-0.2, -0.15) is 0 Å². The lowest BCUT2D eigenvalue weighted by molar-refractivity contribution is 0.0550. The van der Waals surface area contributed by atoms with Crippen molar-refractivity contribution in [1.29, 1.82) is 0 Å². The van der Waals surface area contributed by atoms with Crippen LogP contribution >= 0.6 is 0 Å². The van der Waals surface area contributed by atoms with Gasteiger partial charge in [-0.05, 0) is 24.3 Å². The number of pyridine rings is 1. The predicted octanol–water partition coefficient (Wildman–Crippen LogP) is 2.16. The second-order valence-corrected chi connectivity index (χ2v) is 3.52. The molecular weight excluding hydrogens is 216 g/mol. The molecule has 2 N–H and O–H groups in total. The van der Waals surface area contributed by atoms with Crippen LogP contribution in [0.3, 0.4) is 0 Å². The Bertz CT molecular complexity index is 579. The number of rotatable bonds is 3. The smallest absolute Gasteiger partial charge is 0.338 e. The highest BCUT2D eigenvalue weighted by atomic mass is 16.5. The standard InChI is InChI=1S/C13H12N2O2/c1-2-6-17-13(16)9-7-11(14)10-4-3-5-15-12(10)8-9/h2-5,7-8H,1,6,14H2. The summed E-state index contributed by atoms with van der Waals surface area (Å²) >= 11 is 0. The zero-order valence-electron chi connectivity index (χ0n) is 9.22. The van der Waals surface area contributed by atoms with Crippen molar-refractivity contribution >= 4 is 22.6 Å². The first kappa shape index (κ1) is 11.1. The average molecular weight is 228 g/mol. The third kappa shape index (κ3) is 2.25. The SMILES string of the molecule is C=CCOC(=O)c1cc(N)c2cccnc2c1. The molecule has 17 heavy (non-hydrogen) atoms. The minimum absolute atomic E-state index is 0.180. The number of fused-ring (bicyclic) bond motifs is 1. The van der Waals surface area contributed by atoms with E-state index in [0.717, 1.165) is 5.39 Å². The van der Waals surface area contributed by atoms with Gasteiger partial charge in [0.1, 0.15) is 6.61 Å². The van der Waals surface area contributed by atoms with E-state index in [-0.39, 0.29) is 6.61 Å². The van der Waals surface area contributed by atoms with Gasteiger partial charge < -0.3 is 10.5 Å². The number of nitrogens with two attached hydrogens (primary N) is 1. The van der Waals surface area contributed by atoms with Crippen LogP contribution in [0.4, 0.5) is 5.69 Å². The van der Waals surface area contributed by atoms with E-state index < -0.39 is 5.97 Å². The summed E-state index contributed by atoms with van der Waals surface area (Å²) in [7, 11) is 0. The lowest BCUT2D eigenvalue weighted by atomic mass is 10.1. The fourth-order valence-electron chi connectivity index (χ4n) is 1.55. The first-order valence-electron chi connectivity index (χ1n) is 5.14. The molecule has 0 amide bonds. The third-order valence-corrected chi connectivity index (χ3v) is 2.32. The number of ether oxygens (including phenoxy) is 1. The second-order valence-electron chi connectivity index (χ2n) is 3.52. The normalized spacial score (nSPS) is 10.1. The number of aromatic nitrogens is 1. The number of carbonyl (C=O) groups excluding carboxylic acids is 1. The van der Waals surface area contributed by atoms with Crippen LogP contribution in [0.15, 0.2) is 43.1 Å². The molecular formula is C13H12N2O2. The van der Waals surface area contributed by atoms with Crippen LogP contribution in [-0.4, -0.2) is 17.6 Å². The number of hydrogen-bond donors (Lipinski definition) is 1. The topological polar surface area (TPSA) is 65.2 Å². The minimum atomic E-state index is -0.427. The lowest BCUT2D eigenvalue weighted by Gasteiger charge is -2.05. The first-order chi connectivity index (χ1) is 8.22. The Hall–Kier alpha value is -2.36.